The van der Waals surface area contributed by atoms with E-state index in [2.05, 4.69) is 10.3 Å². The van der Waals surface area contributed by atoms with Crippen LogP contribution in [0.5, 0.6) is 0 Å². The highest BCUT2D eigenvalue weighted by Gasteiger charge is 2.21. The highest BCUT2D eigenvalue weighted by Crippen LogP contribution is 2.24. The van der Waals surface area contributed by atoms with Crippen molar-refractivity contribution in [3.63, 3.8) is 0 Å². The molecule has 0 aliphatic heterocycles. The fraction of sp³-hybridized carbons (Fsp3) is 0.455. The maximum Gasteiger partial charge on any atom is 0.299 e. The summed E-state index contributed by atoms with van der Waals surface area (Å²) in [6, 6.07) is 4.74. The summed E-state index contributed by atoms with van der Waals surface area (Å²) in [5, 5.41) is 18.5. The van der Waals surface area contributed by atoms with Crippen molar-refractivity contribution in [2.24, 2.45) is 0 Å². The lowest BCUT2D eigenvalue weighted by Crippen LogP contribution is -2.23. The number of benzene rings is 1. The van der Waals surface area contributed by atoms with Crippen LogP contribution < -0.4 is 4.84 Å². The Labute approximate surface area is 102 Å². The van der Waals surface area contributed by atoms with E-state index in [0.717, 1.165) is 25.7 Å². The van der Waals surface area contributed by atoms with Gasteiger partial charge in [-0.1, -0.05) is 10.9 Å². The lowest BCUT2D eigenvalue weighted by atomic mass is 10.3. The molecular weight excluding hydrogens is 236 g/mol. The van der Waals surface area contributed by atoms with E-state index >= 15 is 0 Å². The highest BCUT2D eigenvalue weighted by molar-refractivity contribution is 5.83. The van der Waals surface area contributed by atoms with Crippen LogP contribution in [-0.2, 0) is 0 Å². The molecule has 0 N–H and O–H groups in total. The van der Waals surface area contributed by atoms with E-state index in [1.54, 1.807) is 12.1 Å². The molecule has 0 bridgehead atoms. The second-order valence-corrected chi connectivity index (χ2v) is 4.38. The average Bonchev–Trinajstić information content (AvgIpc) is 2.99. The van der Waals surface area contributed by atoms with Crippen LogP contribution in [0, 0.1) is 10.1 Å². The van der Waals surface area contributed by atoms with Gasteiger partial charge in [-0.25, -0.2) is 0 Å². The number of rotatable bonds is 3. The molecule has 7 heteroatoms. The zero-order valence-electron chi connectivity index (χ0n) is 9.65. The first-order valence-electron chi connectivity index (χ1n) is 5.91. The van der Waals surface area contributed by atoms with Crippen molar-refractivity contribution in [1.29, 1.82) is 0 Å². The van der Waals surface area contributed by atoms with Crippen molar-refractivity contribution in [3.05, 3.63) is 28.3 Å². The average molecular weight is 248 g/mol. The molecule has 7 nitrogen and oxygen atoms in total. The van der Waals surface area contributed by atoms with E-state index in [9.17, 15) is 10.1 Å². The molecule has 0 atom stereocenters. The number of nitro groups is 1. The molecule has 3 rings (SSSR count). The number of non-ortho nitro benzene ring substituents is 1. The van der Waals surface area contributed by atoms with E-state index in [0.29, 0.717) is 5.52 Å². The standard InChI is InChI=1S/C11H12N4O3/c16-15(17)10-7-3-6-9-11(10)12-13-14(9)18-8-4-1-2-5-8/h3,6-8H,1-2,4-5H2. The van der Waals surface area contributed by atoms with Gasteiger partial charge in [-0.2, -0.15) is 0 Å². The number of fused-ring (bicyclic) bond motifs is 1. The lowest BCUT2D eigenvalue weighted by molar-refractivity contribution is -0.383. The molecule has 1 aliphatic rings. The highest BCUT2D eigenvalue weighted by atomic mass is 16.7. The molecule has 1 heterocycles. The van der Waals surface area contributed by atoms with Gasteiger partial charge in [-0.3, -0.25) is 10.1 Å². The first kappa shape index (κ1) is 10.9. The Morgan fingerprint density at radius 1 is 1.39 bits per heavy atom. The Morgan fingerprint density at radius 3 is 2.89 bits per heavy atom. The molecule has 2 aromatic rings. The third-order valence-electron chi connectivity index (χ3n) is 3.17. The minimum absolute atomic E-state index is 0.0474. The predicted octanol–water partition coefficient (Wildman–Crippen LogP) is 1.71. The van der Waals surface area contributed by atoms with E-state index in [4.69, 9.17) is 4.84 Å². The van der Waals surface area contributed by atoms with Crippen LogP contribution in [0.15, 0.2) is 18.2 Å². The Balaban J connectivity index is 1.98. The van der Waals surface area contributed by atoms with Crippen molar-refractivity contribution in [2.75, 3.05) is 0 Å². The monoisotopic (exact) mass is 248 g/mol. The summed E-state index contributed by atoms with van der Waals surface area (Å²) in [4.78, 5) is 17.4. The van der Waals surface area contributed by atoms with Gasteiger partial charge in [0.2, 0.25) is 0 Å². The molecule has 1 aliphatic carbocycles. The van der Waals surface area contributed by atoms with Crippen LogP contribution in [0.1, 0.15) is 25.7 Å². The first-order valence-corrected chi connectivity index (χ1v) is 5.91. The fourth-order valence-electron chi connectivity index (χ4n) is 2.27. The molecule has 0 unspecified atom stereocenters. The number of nitro benzene ring substituents is 1. The molecule has 18 heavy (non-hydrogen) atoms. The van der Waals surface area contributed by atoms with Gasteiger partial charge in [0.05, 0.1) is 4.92 Å². The minimum Gasteiger partial charge on any atom is -0.392 e. The Hall–Kier alpha value is -2.18. The van der Waals surface area contributed by atoms with E-state index in [1.165, 1.54) is 10.9 Å². The first-order chi connectivity index (χ1) is 8.75. The van der Waals surface area contributed by atoms with Gasteiger partial charge in [0.1, 0.15) is 11.6 Å². The molecule has 1 fully saturated rings. The number of hydrogen-bond acceptors (Lipinski definition) is 5. The Bertz CT molecular complexity index is 589. The van der Waals surface area contributed by atoms with Crippen molar-refractivity contribution in [2.45, 2.75) is 31.8 Å². The molecule has 0 spiro atoms. The van der Waals surface area contributed by atoms with Gasteiger partial charge in [-0.05, 0) is 37.0 Å². The molecule has 1 aromatic carbocycles. The lowest BCUT2D eigenvalue weighted by Gasteiger charge is -2.11. The topological polar surface area (TPSA) is 83.1 Å². The minimum atomic E-state index is -0.461. The Morgan fingerprint density at radius 2 is 2.17 bits per heavy atom. The number of aromatic nitrogens is 3. The van der Waals surface area contributed by atoms with Crippen molar-refractivity contribution < 1.29 is 9.76 Å². The zero-order chi connectivity index (χ0) is 12.5. The van der Waals surface area contributed by atoms with Crippen molar-refractivity contribution >= 4 is 16.7 Å². The second-order valence-electron chi connectivity index (χ2n) is 4.38. The van der Waals surface area contributed by atoms with Crippen LogP contribution in [0.2, 0.25) is 0 Å². The summed E-state index contributed by atoms with van der Waals surface area (Å²) >= 11 is 0. The summed E-state index contributed by atoms with van der Waals surface area (Å²) in [6.07, 6.45) is 4.43. The summed E-state index contributed by atoms with van der Waals surface area (Å²) in [7, 11) is 0. The smallest absolute Gasteiger partial charge is 0.299 e. The largest absolute Gasteiger partial charge is 0.392 e. The third-order valence-corrected chi connectivity index (χ3v) is 3.17. The fourth-order valence-corrected chi connectivity index (χ4v) is 2.27. The van der Waals surface area contributed by atoms with Crippen molar-refractivity contribution in [1.82, 2.24) is 15.2 Å². The van der Waals surface area contributed by atoms with Gasteiger partial charge in [-0.15, -0.1) is 5.10 Å². The summed E-state index contributed by atoms with van der Waals surface area (Å²) in [5.41, 5.74) is 0.755. The molecule has 94 valence electrons. The zero-order valence-corrected chi connectivity index (χ0v) is 9.65. The van der Waals surface area contributed by atoms with Gasteiger partial charge in [0.25, 0.3) is 5.69 Å². The van der Waals surface area contributed by atoms with Crippen LogP contribution in [0.25, 0.3) is 11.0 Å². The van der Waals surface area contributed by atoms with Crippen LogP contribution in [0.3, 0.4) is 0 Å². The van der Waals surface area contributed by atoms with Crippen LogP contribution >= 0.6 is 0 Å². The molecular formula is C11H12N4O3. The van der Waals surface area contributed by atoms with E-state index in [-0.39, 0.29) is 17.3 Å². The van der Waals surface area contributed by atoms with Crippen molar-refractivity contribution in [3.8, 4) is 0 Å². The van der Waals surface area contributed by atoms with Crippen LogP contribution in [0.4, 0.5) is 5.69 Å². The predicted molar refractivity (Wildman–Crippen MR) is 63.0 cm³/mol. The third kappa shape index (κ3) is 1.77. The summed E-state index contributed by atoms with van der Waals surface area (Å²) in [6.45, 7) is 0. The number of hydrogen-bond donors (Lipinski definition) is 0. The molecule has 1 aromatic heterocycles. The maximum absolute atomic E-state index is 10.9. The van der Waals surface area contributed by atoms with E-state index < -0.39 is 4.92 Å². The molecule has 0 amide bonds. The van der Waals surface area contributed by atoms with Gasteiger partial charge in [0.15, 0.2) is 5.52 Å². The maximum atomic E-state index is 10.9. The normalized spacial score (nSPS) is 16.2. The number of nitrogens with zero attached hydrogens (tertiary/aromatic N) is 4. The SMILES string of the molecule is O=[N+]([O-])c1cccc2c1nnn2OC1CCCC1. The summed E-state index contributed by atoms with van der Waals surface area (Å²) < 4.78 is 0. The van der Waals surface area contributed by atoms with Gasteiger partial charge < -0.3 is 4.84 Å². The molecule has 1 saturated carbocycles. The van der Waals surface area contributed by atoms with E-state index in [1.807, 2.05) is 0 Å². The van der Waals surface area contributed by atoms with Gasteiger partial charge >= 0.3 is 0 Å². The quantitative estimate of drug-likeness (QED) is 0.610. The second kappa shape index (κ2) is 4.25. The summed E-state index contributed by atoms with van der Waals surface area (Å²) in [5.74, 6) is 0. The Kier molecular flexibility index (Phi) is 2.58. The van der Waals surface area contributed by atoms with Gasteiger partial charge in [0, 0.05) is 6.07 Å². The molecule has 0 saturated heterocycles. The molecule has 0 radical (unpaired) electrons. The van der Waals surface area contributed by atoms with Crippen LogP contribution in [-0.4, -0.2) is 26.2 Å².